The van der Waals surface area contributed by atoms with Crippen LogP contribution in [0.25, 0.3) is 10.2 Å². The van der Waals surface area contributed by atoms with Gasteiger partial charge in [0.2, 0.25) is 0 Å². The molecule has 1 atom stereocenters. The summed E-state index contributed by atoms with van der Waals surface area (Å²) in [5, 5.41) is 0.890. The van der Waals surface area contributed by atoms with Crippen molar-refractivity contribution in [3.63, 3.8) is 0 Å². The maximum absolute atomic E-state index is 12.3. The molecule has 2 aromatic rings. The molecule has 0 N–H and O–H groups in total. The van der Waals surface area contributed by atoms with E-state index in [1.807, 2.05) is 6.92 Å². The van der Waals surface area contributed by atoms with Crippen molar-refractivity contribution in [1.82, 2.24) is 9.55 Å². The Kier molecular flexibility index (Phi) is 2.54. The Balaban J connectivity index is 2.30. The van der Waals surface area contributed by atoms with Crippen molar-refractivity contribution in [2.45, 2.75) is 39.7 Å². The lowest BCUT2D eigenvalue weighted by Gasteiger charge is -2.17. The molecule has 0 bridgehead atoms. The zero-order chi connectivity index (χ0) is 12.0. The Morgan fingerprint density at radius 3 is 3.18 bits per heavy atom. The van der Waals surface area contributed by atoms with Gasteiger partial charge < -0.3 is 0 Å². The molecule has 2 aromatic heterocycles. The SMILES string of the molecule is CCn1cnc2sc3c(c2c1=O)CC[C@H](C)C3. The smallest absolute Gasteiger partial charge is 0.262 e. The van der Waals surface area contributed by atoms with Crippen LogP contribution in [0.3, 0.4) is 0 Å². The van der Waals surface area contributed by atoms with Gasteiger partial charge >= 0.3 is 0 Å². The molecule has 0 spiro atoms. The number of aromatic nitrogens is 2. The molecule has 2 heterocycles. The highest BCUT2D eigenvalue weighted by molar-refractivity contribution is 7.18. The predicted molar refractivity (Wildman–Crippen MR) is 70.7 cm³/mol. The molecule has 4 heteroatoms. The van der Waals surface area contributed by atoms with E-state index in [1.54, 1.807) is 22.2 Å². The topological polar surface area (TPSA) is 34.9 Å². The van der Waals surface area contributed by atoms with Gasteiger partial charge in [-0.1, -0.05) is 6.92 Å². The summed E-state index contributed by atoms with van der Waals surface area (Å²) in [6, 6.07) is 0. The molecular formula is C13H16N2OS. The average molecular weight is 248 g/mol. The first kappa shape index (κ1) is 11.0. The molecule has 17 heavy (non-hydrogen) atoms. The number of nitrogens with zero attached hydrogens (tertiary/aromatic N) is 2. The van der Waals surface area contributed by atoms with Crippen molar-refractivity contribution in [3.8, 4) is 0 Å². The Hall–Kier alpha value is -1.16. The average Bonchev–Trinajstić information content (AvgIpc) is 2.67. The highest BCUT2D eigenvalue weighted by atomic mass is 32.1. The second-order valence-electron chi connectivity index (χ2n) is 4.87. The van der Waals surface area contributed by atoms with Crippen LogP contribution in [0.15, 0.2) is 11.1 Å². The normalized spacial score (nSPS) is 19.5. The van der Waals surface area contributed by atoms with Crippen molar-refractivity contribution < 1.29 is 0 Å². The van der Waals surface area contributed by atoms with Crippen LogP contribution in [0.5, 0.6) is 0 Å². The standard InChI is InChI=1S/C13H16N2OS/c1-3-15-7-14-12-11(13(15)16)9-5-4-8(2)6-10(9)17-12/h7-8H,3-6H2,1-2H3/t8-/m0/s1. The molecular weight excluding hydrogens is 232 g/mol. The summed E-state index contributed by atoms with van der Waals surface area (Å²) in [6.07, 6.45) is 5.03. The van der Waals surface area contributed by atoms with Gasteiger partial charge in [-0.2, -0.15) is 0 Å². The van der Waals surface area contributed by atoms with E-state index in [-0.39, 0.29) is 5.56 Å². The maximum Gasteiger partial charge on any atom is 0.262 e. The van der Waals surface area contributed by atoms with Crippen molar-refractivity contribution in [2.24, 2.45) is 5.92 Å². The Bertz CT molecular complexity index is 626. The third-order valence-electron chi connectivity index (χ3n) is 3.62. The molecule has 0 saturated heterocycles. The number of thiophene rings is 1. The summed E-state index contributed by atoms with van der Waals surface area (Å²) in [6.45, 7) is 4.96. The van der Waals surface area contributed by atoms with E-state index in [2.05, 4.69) is 11.9 Å². The van der Waals surface area contributed by atoms with Gasteiger partial charge in [0.05, 0.1) is 11.7 Å². The molecule has 90 valence electrons. The fourth-order valence-corrected chi connectivity index (χ4v) is 3.93. The monoisotopic (exact) mass is 248 g/mol. The van der Waals surface area contributed by atoms with Crippen LogP contribution in [0.4, 0.5) is 0 Å². The summed E-state index contributed by atoms with van der Waals surface area (Å²) in [7, 11) is 0. The molecule has 0 amide bonds. The van der Waals surface area contributed by atoms with Crippen LogP contribution in [-0.2, 0) is 19.4 Å². The molecule has 0 aliphatic heterocycles. The molecule has 0 saturated carbocycles. The number of rotatable bonds is 1. The lowest BCUT2D eigenvalue weighted by Crippen LogP contribution is -2.20. The lowest BCUT2D eigenvalue weighted by molar-refractivity contribution is 0.509. The van der Waals surface area contributed by atoms with Crippen molar-refractivity contribution in [3.05, 3.63) is 27.1 Å². The molecule has 0 unspecified atom stereocenters. The van der Waals surface area contributed by atoms with Gasteiger partial charge in [0, 0.05) is 11.4 Å². The molecule has 1 aliphatic rings. The highest BCUT2D eigenvalue weighted by Gasteiger charge is 2.22. The van der Waals surface area contributed by atoms with E-state index in [4.69, 9.17) is 0 Å². The van der Waals surface area contributed by atoms with Crippen LogP contribution in [0, 0.1) is 5.92 Å². The Labute approximate surface area is 104 Å². The fourth-order valence-electron chi connectivity index (χ4n) is 2.59. The van der Waals surface area contributed by atoms with Crippen LogP contribution in [0.2, 0.25) is 0 Å². The van der Waals surface area contributed by atoms with Gasteiger partial charge in [0.25, 0.3) is 5.56 Å². The highest BCUT2D eigenvalue weighted by Crippen LogP contribution is 2.35. The first-order valence-electron chi connectivity index (χ1n) is 6.20. The van der Waals surface area contributed by atoms with Crippen LogP contribution < -0.4 is 5.56 Å². The van der Waals surface area contributed by atoms with E-state index in [0.717, 1.165) is 29.0 Å². The molecule has 3 rings (SSSR count). The number of hydrogen-bond acceptors (Lipinski definition) is 3. The zero-order valence-electron chi connectivity index (χ0n) is 10.2. The third-order valence-corrected chi connectivity index (χ3v) is 4.79. The van der Waals surface area contributed by atoms with Gasteiger partial charge in [0.15, 0.2) is 0 Å². The summed E-state index contributed by atoms with van der Waals surface area (Å²) < 4.78 is 1.70. The third kappa shape index (κ3) is 1.62. The van der Waals surface area contributed by atoms with Crippen molar-refractivity contribution in [2.75, 3.05) is 0 Å². The van der Waals surface area contributed by atoms with Gasteiger partial charge in [-0.25, -0.2) is 4.98 Å². The van der Waals surface area contributed by atoms with E-state index in [1.165, 1.54) is 16.9 Å². The predicted octanol–water partition coefficient (Wildman–Crippen LogP) is 2.60. The molecule has 0 fully saturated rings. The van der Waals surface area contributed by atoms with Gasteiger partial charge in [-0.05, 0) is 37.7 Å². The van der Waals surface area contributed by atoms with Crippen molar-refractivity contribution in [1.29, 1.82) is 0 Å². The van der Waals surface area contributed by atoms with Crippen LogP contribution in [-0.4, -0.2) is 9.55 Å². The van der Waals surface area contributed by atoms with Gasteiger partial charge in [-0.3, -0.25) is 9.36 Å². The van der Waals surface area contributed by atoms with Crippen LogP contribution >= 0.6 is 11.3 Å². The largest absolute Gasteiger partial charge is 0.299 e. The van der Waals surface area contributed by atoms with Crippen LogP contribution in [0.1, 0.15) is 30.7 Å². The maximum atomic E-state index is 12.3. The fraction of sp³-hybridized carbons (Fsp3) is 0.538. The van der Waals surface area contributed by atoms with E-state index < -0.39 is 0 Å². The molecule has 1 aliphatic carbocycles. The lowest BCUT2D eigenvalue weighted by atomic mass is 9.89. The molecule has 0 aromatic carbocycles. The first-order chi connectivity index (χ1) is 8.20. The minimum absolute atomic E-state index is 0.143. The number of fused-ring (bicyclic) bond motifs is 3. The summed E-state index contributed by atoms with van der Waals surface area (Å²) in [5.74, 6) is 0.740. The second-order valence-corrected chi connectivity index (χ2v) is 5.95. The Morgan fingerprint density at radius 1 is 1.59 bits per heavy atom. The summed E-state index contributed by atoms with van der Waals surface area (Å²) >= 11 is 1.71. The quantitative estimate of drug-likeness (QED) is 0.777. The second kappa shape index (κ2) is 3.95. The number of hydrogen-bond donors (Lipinski definition) is 0. The van der Waals surface area contributed by atoms with E-state index in [0.29, 0.717) is 6.54 Å². The minimum Gasteiger partial charge on any atom is -0.299 e. The summed E-state index contributed by atoms with van der Waals surface area (Å²) in [4.78, 5) is 19.0. The minimum atomic E-state index is 0.143. The molecule has 3 nitrogen and oxygen atoms in total. The van der Waals surface area contributed by atoms with E-state index in [9.17, 15) is 4.79 Å². The zero-order valence-corrected chi connectivity index (χ0v) is 11.0. The van der Waals surface area contributed by atoms with Gasteiger partial charge in [-0.15, -0.1) is 11.3 Å². The van der Waals surface area contributed by atoms with E-state index >= 15 is 0 Å². The first-order valence-corrected chi connectivity index (χ1v) is 7.02. The number of aryl methyl sites for hydroxylation is 2. The van der Waals surface area contributed by atoms with Crippen molar-refractivity contribution >= 4 is 21.6 Å². The Morgan fingerprint density at radius 2 is 2.41 bits per heavy atom. The summed E-state index contributed by atoms with van der Waals surface area (Å²) in [5.41, 5.74) is 1.42. The van der Waals surface area contributed by atoms with Gasteiger partial charge in [0.1, 0.15) is 4.83 Å². The molecule has 0 radical (unpaired) electrons.